The maximum absolute atomic E-state index is 13.9. The van der Waals surface area contributed by atoms with Gasteiger partial charge in [0.15, 0.2) is 11.6 Å². The van der Waals surface area contributed by atoms with Crippen molar-refractivity contribution >= 4 is 16.0 Å². The van der Waals surface area contributed by atoms with Crippen LogP contribution in [0.3, 0.4) is 0 Å². The summed E-state index contributed by atoms with van der Waals surface area (Å²) >= 11 is 0. The molecule has 1 aromatic carbocycles. The zero-order valence-electron chi connectivity index (χ0n) is 23.5. The van der Waals surface area contributed by atoms with E-state index in [2.05, 4.69) is 29.9 Å². The summed E-state index contributed by atoms with van der Waals surface area (Å²) in [6, 6.07) is 7.11. The fourth-order valence-electron chi connectivity index (χ4n) is 4.09. The molecule has 2 atom stereocenters. The van der Waals surface area contributed by atoms with Gasteiger partial charge in [0.2, 0.25) is 16.0 Å². The molecule has 0 spiro atoms. The van der Waals surface area contributed by atoms with Crippen LogP contribution >= 0.6 is 0 Å². The number of pyridine rings is 1. The van der Waals surface area contributed by atoms with Crippen LogP contribution in [0.4, 0.5) is 5.95 Å². The Bertz CT molecular complexity index is 1550. The molecule has 1 N–H and O–H groups in total. The predicted octanol–water partition coefficient (Wildman–Crippen LogP) is 4.05. The molecular weight excluding hydrogens is 534 g/mol. The van der Waals surface area contributed by atoms with Crippen molar-refractivity contribution in [2.24, 2.45) is 0 Å². The number of benzene rings is 1. The average Bonchev–Trinajstić information content (AvgIpc) is 3.33. The van der Waals surface area contributed by atoms with Crippen molar-refractivity contribution in [2.45, 2.75) is 52.1 Å². The first kappa shape index (κ1) is 28.9. The zero-order valence-corrected chi connectivity index (χ0v) is 24.3. The Labute approximate surface area is 233 Å². The lowest BCUT2D eigenvalue weighted by Crippen LogP contribution is -2.35. The molecule has 0 saturated heterocycles. The summed E-state index contributed by atoms with van der Waals surface area (Å²) in [6.45, 7) is 8.92. The summed E-state index contributed by atoms with van der Waals surface area (Å²) in [7, 11) is -1.12. The number of anilines is 1. The van der Waals surface area contributed by atoms with E-state index in [0.29, 0.717) is 28.6 Å². The van der Waals surface area contributed by atoms with E-state index in [-0.39, 0.29) is 17.9 Å². The fourth-order valence-corrected chi connectivity index (χ4v) is 5.17. The molecule has 4 rings (SSSR count). The van der Waals surface area contributed by atoms with Crippen LogP contribution in [0.5, 0.6) is 11.5 Å². The number of hydrogen-bond acceptors (Lipinski definition) is 10. The molecule has 13 heteroatoms. The smallest absolute Gasteiger partial charge is 0.243 e. The van der Waals surface area contributed by atoms with Crippen molar-refractivity contribution < 1.29 is 22.6 Å². The zero-order chi connectivity index (χ0) is 29.0. The van der Waals surface area contributed by atoms with Crippen LogP contribution in [0.25, 0.3) is 17.1 Å². The first-order valence-corrected chi connectivity index (χ1v) is 14.1. The number of aryl methyl sites for hydroxylation is 2. The molecule has 0 aliphatic rings. The van der Waals surface area contributed by atoms with Crippen molar-refractivity contribution in [1.82, 2.24) is 29.7 Å². The average molecular weight is 568 g/mol. The predicted molar refractivity (Wildman–Crippen MR) is 150 cm³/mol. The van der Waals surface area contributed by atoms with E-state index in [4.69, 9.17) is 14.2 Å². The van der Waals surface area contributed by atoms with Crippen LogP contribution in [0.2, 0.25) is 0 Å². The monoisotopic (exact) mass is 567 g/mol. The lowest BCUT2D eigenvalue weighted by Gasteiger charge is -2.25. The molecule has 0 fully saturated rings. The van der Waals surface area contributed by atoms with E-state index >= 15 is 0 Å². The number of para-hydroxylation sites is 1. The summed E-state index contributed by atoms with van der Waals surface area (Å²) in [4.78, 5) is 12.9. The molecule has 1 unspecified atom stereocenters. The number of hydrogen-bond donors (Lipinski definition) is 1. The van der Waals surface area contributed by atoms with Crippen LogP contribution in [-0.4, -0.2) is 63.7 Å². The third-order valence-electron chi connectivity index (χ3n) is 6.05. The second-order valence-electron chi connectivity index (χ2n) is 9.52. The van der Waals surface area contributed by atoms with Crippen molar-refractivity contribution in [2.75, 3.05) is 18.9 Å². The first-order chi connectivity index (χ1) is 19.1. The van der Waals surface area contributed by atoms with Crippen LogP contribution in [-0.2, 0) is 14.8 Å². The van der Waals surface area contributed by atoms with Gasteiger partial charge in [-0.1, -0.05) is 6.07 Å². The summed E-state index contributed by atoms with van der Waals surface area (Å²) < 4.78 is 49.1. The normalized spacial score (nSPS) is 13.2. The highest BCUT2D eigenvalue weighted by atomic mass is 32.2. The molecule has 3 heterocycles. The van der Waals surface area contributed by atoms with Crippen molar-refractivity contribution in [3.05, 3.63) is 66.0 Å². The maximum Gasteiger partial charge on any atom is 0.243 e. The highest BCUT2D eigenvalue weighted by Gasteiger charge is 2.36. The maximum atomic E-state index is 13.9. The van der Waals surface area contributed by atoms with Gasteiger partial charge >= 0.3 is 0 Å². The number of nitrogens with one attached hydrogen (secondary N) is 1. The third-order valence-corrected chi connectivity index (χ3v) is 7.74. The minimum absolute atomic E-state index is 0.0701. The van der Waals surface area contributed by atoms with Gasteiger partial charge in [0.05, 0.1) is 20.3 Å². The van der Waals surface area contributed by atoms with Crippen LogP contribution in [0.15, 0.2) is 49.1 Å². The van der Waals surface area contributed by atoms with Gasteiger partial charge in [-0.05, 0) is 63.9 Å². The first-order valence-electron chi connectivity index (χ1n) is 12.6. The van der Waals surface area contributed by atoms with Crippen LogP contribution in [0, 0.1) is 13.8 Å². The number of nitrogens with zero attached hydrogens (tertiary/aromatic N) is 6. The molecule has 0 amide bonds. The number of ether oxygens (including phenoxy) is 3. The molecule has 40 heavy (non-hydrogen) atoms. The van der Waals surface area contributed by atoms with Gasteiger partial charge < -0.3 is 14.2 Å². The number of methoxy groups -OCH3 is 2. The minimum atomic E-state index is -4.14. The van der Waals surface area contributed by atoms with Gasteiger partial charge in [-0.25, -0.2) is 18.4 Å². The molecule has 0 bridgehead atoms. The molecule has 0 aliphatic heterocycles. The molecular formula is C27H33N7O5S. The third kappa shape index (κ3) is 6.05. The van der Waals surface area contributed by atoms with Gasteiger partial charge in [0, 0.05) is 30.4 Å². The quantitative estimate of drug-likeness (QED) is 0.282. The molecule has 0 radical (unpaired) electrons. The Kier molecular flexibility index (Phi) is 8.64. The van der Waals surface area contributed by atoms with E-state index in [1.807, 2.05) is 33.8 Å². The van der Waals surface area contributed by atoms with E-state index in [1.165, 1.54) is 21.1 Å². The molecule has 212 valence electrons. The second kappa shape index (κ2) is 12.0. The van der Waals surface area contributed by atoms with Gasteiger partial charge in [0.1, 0.15) is 28.5 Å². The topological polar surface area (TPSA) is 143 Å². The van der Waals surface area contributed by atoms with E-state index < -0.39 is 21.4 Å². The van der Waals surface area contributed by atoms with Crippen molar-refractivity contribution in [3.8, 4) is 28.6 Å². The van der Waals surface area contributed by atoms with Gasteiger partial charge in [-0.2, -0.15) is 0 Å². The standard InChI is InChI=1S/C27H33N7O5S/c1-16(2)39-24(25-29-13-18(4)14-30-25)19(5)40(35,36)33-27-32-31-26(20-11-17(3)12-28-15-20)34(27)23-21(37-6)9-8-10-22(23)38-7/h8-16,19,24H,1-7H3,(H,32,33)/t19-,24?/m1/s1. The molecule has 0 saturated carbocycles. The summed E-state index contributed by atoms with van der Waals surface area (Å²) in [5.41, 5.74) is 2.77. The Morgan fingerprint density at radius 3 is 2.12 bits per heavy atom. The fraction of sp³-hybridized carbons (Fsp3) is 0.370. The lowest BCUT2D eigenvalue weighted by molar-refractivity contribution is 0.00152. The van der Waals surface area contributed by atoms with E-state index in [1.54, 1.807) is 47.6 Å². The minimum Gasteiger partial charge on any atom is -0.494 e. The van der Waals surface area contributed by atoms with Crippen LogP contribution < -0.4 is 14.2 Å². The van der Waals surface area contributed by atoms with Crippen molar-refractivity contribution in [3.63, 3.8) is 0 Å². The summed E-state index contributed by atoms with van der Waals surface area (Å²) in [6.07, 6.45) is 5.35. The highest BCUT2D eigenvalue weighted by Crippen LogP contribution is 2.38. The van der Waals surface area contributed by atoms with Gasteiger partial charge in [-0.15, -0.1) is 10.2 Å². The van der Waals surface area contributed by atoms with E-state index in [0.717, 1.165) is 11.1 Å². The Morgan fingerprint density at radius 2 is 1.55 bits per heavy atom. The summed E-state index contributed by atoms with van der Waals surface area (Å²) in [5.74, 6) is 1.37. The molecule has 12 nitrogen and oxygen atoms in total. The van der Waals surface area contributed by atoms with Gasteiger partial charge in [0.25, 0.3) is 0 Å². The highest BCUT2D eigenvalue weighted by molar-refractivity contribution is 7.93. The number of rotatable bonds is 11. The van der Waals surface area contributed by atoms with E-state index in [9.17, 15) is 8.42 Å². The van der Waals surface area contributed by atoms with Crippen molar-refractivity contribution in [1.29, 1.82) is 0 Å². The Morgan fingerprint density at radius 1 is 0.900 bits per heavy atom. The Balaban J connectivity index is 1.85. The SMILES string of the molecule is COc1cccc(OC)c1-n1c(NS(=O)(=O)[C@H](C)C(OC(C)C)c2ncc(C)cn2)nnc1-c1cncc(C)c1. The molecule has 0 aliphatic carbocycles. The molecule has 3 aromatic heterocycles. The van der Waals surface area contributed by atoms with Gasteiger partial charge in [-0.3, -0.25) is 14.3 Å². The molecule has 4 aromatic rings. The summed E-state index contributed by atoms with van der Waals surface area (Å²) in [5, 5.41) is 7.47. The Hall–Kier alpha value is -4.10. The largest absolute Gasteiger partial charge is 0.494 e. The second-order valence-corrected chi connectivity index (χ2v) is 11.6. The lowest BCUT2D eigenvalue weighted by atomic mass is 10.2. The number of sulfonamides is 1. The van der Waals surface area contributed by atoms with Crippen LogP contribution in [0.1, 0.15) is 43.8 Å². The number of aromatic nitrogens is 6.